The highest BCUT2D eigenvalue weighted by Gasteiger charge is 2.17. The molecule has 1 saturated carbocycles. The Balaban J connectivity index is 2.46. The number of rotatable bonds is 1. The standard InChI is InChI=1S/C7H9NOS/c9-7-3-1-2-6(4-7)8-5-10/h6H,1-4H2. The van der Waals surface area contributed by atoms with E-state index in [4.69, 9.17) is 0 Å². The molecule has 0 bridgehead atoms. The van der Waals surface area contributed by atoms with E-state index >= 15 is 0 Å². The van der Waals surface area contributed by atoms with E-state index in [-0.39, 0.29) is 6.04 Å². The van der Waals surface area contributed by atoms with Crippen molar-refractivity contribution in [3.8, 4) is 0 Å². The predicted octanol–water partition coefficient (Wildman–Crippen LogP) is 1.60. The molecular weight excluding hydrogens is 146 g/mol. The van der Waals surface area contributed by atoms with Crippen LogP contribution in [0.15, 0.2) is 4.99 Å². The molecule has 0 saturated heterocycles. The van der Waals surface area contributed by atoms with E-state index in [1.807, 2.05) is 0 Å². The number of nitrogens with zero attached hydrogens (tertiary/aromatic N) is 1. The molecule has 0 heterocycles. The summed E-state index contributed by atoms with van der Waals surface area (Å²) in [6.07, 6.45) is 3.26. The summed E-state index contributed by atoms with van der Waals surface area (Å²) in [6, 6.07) is 0.138. The quantitative estimate of drug-likeness (QED) is 0.425. The fourth-order valence-electron chi connectivity index (χ4n) is 1.19. The van der Waals surface area contributed by atoms with Crippen LogP contribution >= 0.6 is 12.2 Å². The van der Waals surface area contributed by atoms with Crippen molar-refractivity contribution in [2.24, 2.45) is 4.99 Å². The first-order valence-electron chi connectivity index (χ1n) is 3.41. The highest BCUT2D eigenvalue weighted by molar-refractivity contribution is 7.78. The number of Topliss-reactive ketones (excluding diaryl/α,β-unsaturated/α-hetero) is 1. The Kier molecular flexibility index (Phi) is 2.72. The molecule has 3 heteroatoms. The van der Waals surface area contributed by atoms with Gasteiger partial charge in [0.2, 0.25) is 0 Å². The summed E-state index contributed by atoms with van der Waals surface area (Å²) in [7, 11) is 0. The Morgan fingerprint density at radius 3 is 3.10 bits per heavy atom. The lowest BCUT2D eigenvalue weighted by Gasteiger charge is -2.14. The fraction of sp³-hybridized carbons (Fsp3) is 0.714. The molecular formula is C7H9NOS. The zero-order chi connectivity index (χ0) is 7.40. The number of hydrogen-bond acceptors (Lipinski definition) is 3. The van der Waals surface area contributed by atoms with E-state index < -0.39 is 0 Å². The van der Waals surface area contributed by atoms with Crippen molar-refractivity contribution in [2.75, 3.05) is 0 Å². The van der Waals surface area contributed by atoms with Gasteiger partial charge >= 0.3 is 0 Å². The third-order valence-electron chi connectivity index (χ3n) is 1.69. The molecule has 0 N–H and O–H groups in total. The van der Waals surface area contributed by atoms with Crippen LogP contribution in [0.1, 0.15) is 25.7 Å². The lowest BCUT2D eigenvalue weighted by atomic mass is 9.95. The number of hydrogen-bond donors (Lipinski definition) is 0. The number of aliphatic imine (C=N–C) groups is 1. The zero-order valence-electron chi connectivity index (χ0n) is 5.67. The lowest BCUT2D eigenvalue weighted by Crippen LogP contribution is -2.17. The van der Waals surface area contributed by atoms with Gasteiger partial charge in [-0.1, -0.05) is 0 Å². The molecule has 1 aliphatic carbocycles. The topological polar surface area (TPSA) is 29.4 Å². The molecule has 0 radical (unpaired) electrons. The minimum absolute atomic E-state index is 0.138. The van der Waals surface area contributed by atoms with Gasteiger partial charge in [-0.3, -0.25) is 4.79 Å². The van der Waals surface area contributed by atoms with E-state index in [9.17, 15) is 4.79 Å². The molecule has 1 atom stereocenters. The molecule has 1 fully saturated rings. The number of isothiocyanates is 1. The van der Waals surface area contributed by atoms with Gasteiger partial charge in [0, 0.05) is 12.8 Å². The molecule has 10 heavy (non-hydrogen) atoms. The van der Waals surface area contributed by atoms with Crippen LogP contribution in [-0.2, 0) is 4.79 Å². The van der Waals surface area contributed by atoms with E-state index in [0.29, 0.717) is 12.2 Å². The fourth-order valence-corrected chi connectivity index (χ4v) is 1.34. The molecule has 1 aliphatic rings. The van der Waals surface area contributed by atoms with Crippen LogP contribution in [0.3, 0.4) is 0 Å². The molecule has 54 valence electrons. The summed E-state index contributed by atoms with van der Waals surface area (Å²) < 4.78 is 0. The second-order valence-electron chi connectivity index (χ2n) is 2.51. The van der Waals surface area contributed by atoms with Crippen molar-refractivity contribution < 1.29 is 4.79 Å². The third kappa shape index (κ3) is 2.01. The second kappa shape index (κ2) is 3.59. The first-order chi connectivity index (χ1) is 4.83. The minimum atomic E-state index is 0.138. The van der Waals surface area contributed by atoms with Gasteiger partial charge < -0.3 is 0 Å². The summed E-state index contributed by atoms with van der Waals surface area (Å²) >= 11 is 4.44. The Hall–Kier alpha value is -0.530. The zero-order valence-corrected chi connectivity index (χ0v) is 6.49. The first-order valence-corrected chi connectivity index (χ1v) is 3.82. The Labute approximate surface area is 65.3 Å². The van der Waals surface area contributed by atoms with Gasteiger partial charge in [0.25, 0.3) is 0 Å². The van der Waals surface area contributed by atoms with Gasteiger partial charge in [-0.2, -0.15) is 0 Å². The highest BCUT2D eigenvalue weighted by Crippen LogP contribution is 2.16. The highest BCUT2D eigenvalue weighted by atomic mass is 32.1. The van der Waals surface area contributed by atoms with Crippen molar-refractivity contribution in [1.82, 2.24) is 0 Å². The Morgan fingerprint density at radius 2 is 2.50 bits per heavy atom. The largest absolute Gasteiger partial charge is 0.300 e. The summed E-state index contributed by atoms with van der Waals surface area (Å²) in [5, 5.41) is 2.31. The van der Waals surface area contributed by atoms with Crippen LogP contribution in [0.5, 0.6) is 0 Å². The van der Waals surface area contributed by atoms with Crippen LogP contribution in [0.4, 0.5) is 0 Å². The summed E-state index contributed by atoms with van der Waals surface area (Å²) in [5.41, 5.74) is 0. The van der Waals surface area contributed by atoms with Crippen molar-refractivity contribution >= 4 is 23.2 Å². The van der Waals surface area contributed by atoms with Gasteiger partial charge in [0.05, 0.1) is 11.2 Å². The molecule has 2 nitrogen and oxygen atoms in total. The smallest absolute Gasteiger partial charge is 0.135 e. The average Bonchev–Trinajstić information content (AvgIpc) is 1.88. The molecule has 0 aromatic carbocycles. The maximum absolute atomic E-state index is 10.8. The minimum Gasteiger partial charge on any atom is -0.300 e. The van der Waals surface area contributed by atoms with Crippen molar-refractivity contribution in [3.63, 3.8) is 0 Å². The number of carbonyl (C=O) groups excluding carboxylic acids is 1. The second-order valence-corrected chi connectivity index (χ2v) is 2.69. The predicted molar refractivity (Wildman–Crippen MR) is 42.3 cm³/mol. The van der Waals surface area contributed by atoms with Gasteiger partial charge in [-0.05, 0) is 25.1 Å². The third-order valence-corrected chi connectivity index (χ3v) is 1.80. The van der Waals surface area contributed by atoms with Crippen molar-refractivity contribution in [2.45, 2.75) is 31.7 Å². The Morgan fingerprint density at radius 1 is 1.70 bits per heavy atom. The van der Waals surface area contributed by atoms with Gasteiger partial charge in [-0.15, -0.1) is 0 Å². The first kappa shape index (κ1) is 7.58. The van der Waals surface area contributed by atoms with Crippen LogP contribution in [-0.4, -0.2) is 17.0 Å². The lowest BCUT2D eigenvalue weighted by molar-refractivity contribution is -0.120. The molecule has 0 aromatic rings. The maximum Gasteiger partial charge on any atom is 0.135 e. The Bertz CT molecular complexity index is 184. The summed E-state index contributed by atoms with van der Waals surface area (Å²) in [5.74, 6) is 0.310. The van der Waals surface area contributed by atoms with Crippen LogP contribution in [0.25, 0.3) is 0 Å². The van der Waals surface area contributed by atoms with Gasteiger partial charge in [0.15, 0.2) is 0 Å². The molecule has 0 aromatic heterocycles. The molecule has 0 amide bonds. The molecule has 0 spiro atoms. The van der Waals surface area contributed by atoms with Crippen molar-refractivity contribution in [3.05, 3.63) is 0 Å². The number of carbonyl (C=O) groups is 1. The van der Waals surface area contributed by atoms with Gasteiger partial charge in [0.1, 0.15) is 5.78 Å². The summed E-state index contributed by atoms with van der Waals surface area (Å²) in [6.45, 7) is 0. The molecule has 1 unspecified atom stereocenters. The average molecular weight is 155 g/mol. The van der Waals surface area contributed by atoms with E-state index in [1.54, 1.807) is 0 Å². The number of thiocarbonyl (C=S) groups is 1. The number of ketones is 1. The van der Waals surface area contributed by atoms with E-state index in [2.05, 4.69) is 22.4 Å². The van der Waals surface area contributed by atoms with E-state index in [1.165, 1.54) is 0 Å². The van der Waals surface area contributed by atoms with Crippen LogP contribution < -0.4 is 0 Å². The van der Waals surface area contributed by atoms with E-state index in [0.717, 1.165) is 19.3 Å². The maximum atomic E-state index is 10.8. The van der Waals surface area contributed by atoms with Crippen LogP contribution in [0, 0.1) is 0 Å². The molecule has 0 aliphatic heterocycles. The summed E-state index contributed by atoms with van der Waals surface area (Å²) in [4.78, 5) is 14.7. The SMILES string of the molecule is O=C1CCCC(N=C=S)C1. The van der Waals surface area contributed by atoms with Gasteiger partial charge in [-0.25, -0.2) is 4.99 Å². The molecule has 1 rings (SSSR count). The monoisotopic (exact) mass is 155 g/mol. The van der Waals surface area contributed by atoms with Crippen LogP contribution in [0.2, 0.25) is 0 Å². The van der Waals surface area contributed by atoms with Crippen molar-refractivity contribution in [1.29, 1.82) is 0 Å². The normalized spacial score (nSPS) is 25.6.